The molecule has 16 heavy (non-hydrogen) atoms. The first-order valence-electron chi connectivity index (χ1n) is 4.85. The van der Waals surface area contributed by atoms with E-state index >= 15 is 0 Å². The molecule has 0 radical (unpaired) electrons. The Hall–Kier alpha value is -1.19. The number of ketones is 1. The predicted octanol–water partition coefficient (Wildman–Crippen LogP) is 3.53. The second-order valence-electron chi connectivity index (χ2n) is 3.48. The zero-order valence-corrected chi connectivity index (χ0v) is 10.3. The standard InChI is InChI=1S/C12H10ClNOS/c1-8-7-16-12(11(8)13)10(15)6-9-4-2-3-5-14-9/h2-5,7H,6H2,1H3. The van der Waals surface area contributed by atoms with Gasteiger partial charge in [0.2, 0.25) is 0 Å². The number of rotatable bonds is 3. The lowest BCUT2D eigenvalue weighted by molar-refractivity contribution is 0.0996. The van der Waals surface area contributed by atoms with Gasteiger partial charge in [-0.15, -0.1) is 11.3 Å². The molecule has 0 aliphatic carbocycles. The van der Waals surface area contributed by atoms with Gasteiger partial charge in [-0.3, -0.25) is 9.78 Å². The molecule has 2 heterocycles. The summed E-state index contributed by atoms with van der Waals surface area (Å²) >= 11 is 7.43. The minimum absolute atomic E-state index is 0.0294. The molecule has 0 aromatic carbocycles. The molecule has 2 rings (SSSR count). The fourth-order valence-electron chi connectivity index (χ4n) is 1.37. The van der Waals surface area contributed by atoms with Crippen LogP contribution in [0.3, 0.4) is 0 Å². The maximum Gasteiger partial charge on any atom is 0.180 e. The maximum atomic E-state index is 11.9. The van der Waals surface area contributed by atoms with Gasteiger partial charge in [-0.05, 0) is 30.0 Å². The SMILES string of the molecule is Cc1csc(C(=O)Cc2ccccn2)c1Cl. The second kappa shape index (κ2) is 4.76. The molecule has 0 atom stereocenters. The highest BCUT2D eigenvalue weighted by molar-refractivity contribution is 7.13. The van der Waals surface area contributed by atoms with Crippen LogP contribution < -0.4 is 0 Å². The van der Waals surface area contributed by atoms with E-state index in [-0.39, 0.29) is 5.78 Å². The van der Waals surface area contributed by atoms with Gasteiger partial charge in [-0.25, -0.2) is 0 Å². The van der Waals surface area contributed by atoms with Crippen LogP contribution in [0.2, 0.25) is 5.02 Å². The summed E-state index contributed by atoms with van der Waals surface area (Å²) < 4.78 is 0. The van der Waals surface area contributed by atoms with Crippen LogP contribution in [0.5, 0.6) is 0 Å². The van der Waals surface area contributed by atoms with Crippen molar-refractivity contribution in [3.63, 3.8) is 0 Å². The van der Waals surface area contributed by atoms with Crippen molar-refractivity contribution in [3.05, 3.63) is 50.9 Å². The third kappa shape index (κ3) is 2.31. The van der Waals surface area contributed by atoms with Gasteiger partial charge < -0.3 is 0 Å². The topological polar surface area (TPSA) is 30.0 Å². The van der Waals surface area contributed by atoms with Gasteiger partial charge in [0.25, 0.3) is 0 Å². The van der Waals surface area contributed by atoms with Crippen molar-refractivity contribution in [2.24, 2.45) is 0 Å². The summed E-state index contributed by atoms with van der Waals surface area (Å²) in [4.78, 5) is 16.7. The fraction of sp³-hybridized carbons (Fsp3) is 0.167. The minimum Gasteiger partial charge on any atom is -0.293 e. The Kier molecular flexibility index (Phi) is 3.36. The summed E-state index contributed by atoms with van der Waals surface area (Å²) in [6, 6.07) is 5.54. The van der Waals surface area contributed by atoms with Crippen LogP contribution in [0.4, 0.5) is 0 Å². The van der Waals surface area contributed by atoms with Crippen LogP contribution in [-0.2, 0) is 6.42 Å². The number of thiophene rings is 1. The van der Waals surface area contributed by atoms with Gasteiger partial charge in [0.1, 0.15) is 0 Å². The molecule has 0 N–H and O–H groups in total. The first kappa shape index (κ1) is 11.3. The van der Waals surface area contributed by atoms with Crippen LogP contribution in [0, 0.1) is 6.92 Å². The fourth-order valence-corrected chi connectivity index (χ4v) is 2.60. The van der Waals surface area contributed by atoms with Gasteiger partial charge in [0.15, 0.2) is 5.78 Å². The first-order chi connectivity index (χ1) is 7.68. The number of carbonyl (C=O) groups excluding carboxylic acids is 1. The van der Waals surface area contributed by atoms with Crippen molar-refractivity contribution in [2.75, 3.05) is 0 Å². The zero-order chi connectivity index (χ0) is 11.5. The van der Waals surface area contributed by atoms with E-state index < -0.39 is 0 Å². The number of nitrogens with zero attached hydrogens (tertiary/aromatic N) is 1. The molecular formula is C12H10ClNOS. The van der Waals surface area contributed by atoms with Crippen molar-refractivity contribution in [2.45, 2.75) is 13.3 Å². The third-order valence-electron chi connectivity index (χ3n) is 2.22. The lowest BCUT2D eigenvalue weighted by atomic mass is 10.1. The third-order valence-corrected chi connectivity index (χ3v) is 3.96. The highest BCUT2D eigenvalue weighted by atomic mass is 35.5. The molecular weight excluding hydrogens is 242 g/mol. The average Bonchev–Trinajstić information content (AvgIpc) is 2.61. The zero-order valence-electron chi connectivity index (χ0n) is 8.74. The molecule has 0 amide bonds. The summed E-state index contributed by atoms with van der Waals surface area (Å²) in [6.07, 6.45) is 1.99. The Bertz CT molecular complexity index is 507. The minimum atomic E-state index is 0.0294. The maximum absolute atomic E-state index is 11.9. The normalized spacial score (nSPS) is 10.4. The highest BCUT2D eigenvalue weighted by Crippen LogP contribution is 2.28. The summed E-state index contributed by atoms with van der Waals surface area (Å²) in [7, 11) is 0. The molecule has 2 nitrogen and oxygen atoms in total. The number of hydrogen-bond acceptors (Lipinski definition) is 3. The van der Waals surface area contributed by atoms with Crippen molar-refractivity contribution in [1.82, 2.24) is 4.98 Å². The second-order valence-corrected chi connectivity index (χ2v) is 4.74. The molecule has 0 unspecified atom stereocenters. The van der Waals surface area contributed by atoms with E-state index in [1.807, 2.05) is 30.5 Å². The van der Waals surface area contributed by atoms with Gasteiger partial charge in [-0.1, -0.05) is 17.7 Å². The molecule has 2 aromatic rings. The quantitative estimate of drug-likeness (QED) is 0.781. The van der Waals surface area contributed by atoms with E-state index in [9.17, 15) is 4.79 Å². The number of aromatic nitrogens is 1. The van der Waals surface area contributed by atoms with Crippen molar-refractivity contribution >= 4 is 28.7 Å². The molecule has 82 valence electrons. The van der Waals surface area contributed by atoms with Crippen LogP contribution >= 0.6 is 22.9 Å². The van der Waals surface area contributed by atoms with Crippen molar-refractivity contribution in [1.29, 1.82) is 0 Å². The predicted molar refractivity (Wildman–Crippen MR) is 66.3 cm³/mol. The van der Waals surface area contributed by atoms with Gasteiger partial charge >= 0.3 is 0 Å². The molecule has 0 aliphatic rings. The average molecular weight is 252 g/mol. The molecule has 0 saturated heterocycles. The molecule has 0 saturated carbocycles. The van der Waals surface area contributed by atoms with Gasteiger partial charge in [-0.2, -0.15) is 0 Å². The Morgan fingerprint density at radius 1 is 1.50 bits per heavy atom. The number of aryl methyl sites for hydroxylation is 1. The van der Waals surface area contributed by atoms with Gasteiger partial charge in [0.05, 0.1) is 16.3 Å². The van der Waals surface area contributed by atoms with Crippen LogP contribution in [0.25, 0.3) is 0 Å². The Balaban J connectivity index is 2.18. The Morgan fingerprint density at radius 3 is 2.88 bits per heavy atom. The van der Waals surface area contributed by atoms with E-state index in [0.717, 1.165) is 11.3 Å². The molecule has 0 fully saturated rings. The molecule has 2 aromatic heterocycles. The van der Waals surface area contributed by atoms with E-state index in [0.29, 0.717) is 16.3 Å². The lowest BCUT2D eigenvalue weighted by Crippen LogP contribution is -2.03. The van der Waals surface area contributed by atoms with E-state index in [4.69, 9.17) is 11.6 Å². The first-order valence-corrected chi connectivity index (χ1v) is 6.11. The summed E-state index contributed by atoms with van der Waals surface area (Å²) in [5.74, 6) is 0.0294. The highest BCUT2D eigenvalue weighted by Gasteiger charge is 2.15. The summed E-state index contributed by atoms with van der Waals surface area (Å²) in [5, 5.41) is 2.47. The lowest BCUT2D eigenvalue weighted by Gasteiger charge is -1.98. The molecule has 4 heteroatoms. The van der Waals surface area contributed by atoms with Crippen molar-refractivity contribution in [3.8, 4) is 0 Å². The van der Waals surface area contributed by atoms with E-state index in [1.165, 1.54) is 11.3 Å². The van der Waals surface area contributed by atoms with Crippen molar-refractivity contribution < 1.29 is 4.79 Å². The number of pyridine rings is 1. The van der Waals surface area contributed by atoms with Gasteiger partial charge in [0, 0.05) is 11.9 Å². The number of carbonyl (C=O) groups is 1. The molecule has 0 aliphatic heterocycles. The molecule has 0 bridgehead atoms. The largest absolute Gasteiger partial charge is 0.293 e. The summed E-state index contributed by atoms with van der Waals surface area (Å²) in [6.45, 7) is 1.90. The smallest absolute Gasteiger partial charge is 0.180 e. The Labute approximate surface area is 103 Å². The number of halogens is 1. The van der Waals surface area contributed by atoms with Crippen LogP contribution in [-0.4, -0.2) is 10.8 Å². The number of Topliss-reactive ketones (excluding diaryl/α,β-unsaturated/α-hetero) is 1. The van der Waals surface area contributed by atoms with Crippen LogP contribution in [0.15, 0.2) is 29.8 Å². The number of hydrogen-bond donors (Lipinski definition) is 0. The van der Waals surface area contributed by atoms with E-state index in [1.54, 1.807) is 6.20 Å². The molecule has 0 spiro atoms. The summed E-state index contributed by atoms with van der Waals surface area (Å²) in [5.41, 5.74) is 1.73. The Morgan fingerprint density at radius 2 is 2.31 bits per heavy atom. The van der Waals surface area contributed by atoms with Crippen LogP contribution in [0.1, 0.15) is 20.9 Å². The van der Waals surface area contributed by atoms with E-state index in [2.05, 4.69) is 4.98 Å². The monoisotopic (exact) mass is 251 g/mol.